The van der Waals surface area contributed by atoms with E-state index in [1.807, 2.05) is 31.2 Å². The van der Waals surface area contributed by atoms with Gasteiger partial charge >= 0.3 is 0 Å². The predicted octanol–water partition coefficient (Wildman–Crippen LogP) is 1.18. The first kappa shape index (κ1) is 11.6. The summed E-state index contributed by atoms with van der Waals surface area (Å²) in [6, 6.07) is 7.78. The number of para-hydroxylation sites is 2. The molecule has 1 aliphatic heterocycles. The smallest absolute Gasteiger partial charge is 0.282 e. The van der Waals surface area contributed by atoms with Crippen LogP contribution in [0.2, 0.25) is 0 Å². The van der Waals surface area contributed by atoms with Crippen molar-refractivity contribution in [3.05, 3.63) is 24.3 Å². The van der Waals surface area contributed by atoms with Crippen LogP contribution >= 0.6 is 0 Å². The van der Waals surface area contributed by atoms with Crippen LogP contribution in [0.4, 0.5) is 0 Å². The minimum absolute atomic E-state index is 0.107. The van der Waals surface area contributed by atoms with Crippen LogP contribution in [-0.4, -0.2) is 31.9 Å². The van der Waals surface area contributed by atoms with Crippen molar-refractivity contribution < 1.29 is 14.2 Å². The molecule has 1 aliphatic rings. The molecule has 1 aromatic rings. The molecule has 5 heteroatoms. The van der Waals surface area contributed by atoms with Crippen LogP contribution < -0.4 is 15.2 Å². The van der Waals surface area contributed by atoms with Crippen molar-refractivity contribution in [2.24, 2.45) is 10.7 Å². The summed E-state index contributed by atoms with van der Waals surface area (Å²) >= 11 is 0. The number of nitrogens with two attached hydrogens (primary N) is 1. The number of ether oxygens (including phenoxy) is 3. The average Bonchev–Trinajstić information content (AvgIpc) is 2.74. The Bertz CT molecular complexity index is 406. The highest BCUT2D eigenvalue weighted by atomic mass is 16.6. The van der Waals surface area contributed by atoms with Crippen LogP contribution in [0, 0.1) is 0 Å². The van der Waals surface area contributed by atoms with Crippen molar-refractivity contribution in [2.45, 2.75) is 13.0 Å². The third-order valence-electron chi connectivity index (χ3n) is 2.31. The molecule has 0 bridgehead atoms. The summed E-state index contributed by atoms with van der Waals surface area (Å²) in [6.07, 6.45) is -0.107. The van der Waals surface area contributed by atoms with Crippen molar-refractivity contribution in [3.63, 3.8) is 0 Å². The van der Waals surface area contributed by atoms with Crippen molar-refractivity contribution in [1.29, 1.82) is 0 Å². The van der Waals surface area contributed by atoms with Crippen LogP contribution in [0.25, 0.3) is 0 Å². The maximum Gasteiger partial charge on any atom is 0.282 e. The second-order valence-electron chi connectivity index (χ2n) is 3.61. The van der Waals surface area contributed by atoms with Gasteiger partial charge in [0, 0.05) is 0 Å². The lowest BCUT2D eigenvalue weighted by molar-refractivity contribution is 0.138. The van der Waals surface area contributed by atoms with E-state index in [4.69, 9.17) is 19.9 Å². The first-order valence-electron chi connectivity index (χ1n) is 5.60. The number of hydrogen-bond acceptors (Lipinski definition) is 5. The first-order chi connectivity index (χ1) is 8.29. The molecule has 0 saturated heterocycles. The zero-order chi connectivity index (χ0) is 12.1. The van der Waals surface area contributed by atoms with Crippen LogP contribution in [0.3, 0.4) is 0 Å². The van der Waals surface area contributed by atoms with E-state index in [-0.39, 0.29) is 12.1 Å². The van der Waals surface area contributed by atoms with Gasteiger partial charge in [0.2, 0.25) is 0 Å². The van der Waals surface area contributed by atoms with Crippen molar-refractivity contribution in [2.75, 3.05) is 19.8 Å². The third kappa shape index (κ3) is 3.03. The molecule has 0 saturated carbocycles. The fraction of sp³-hybridized carbons (Fsp3) is 0.417. The van der Waals surface area contributed by atoms with Crippen LogP contribution in [0.1, 0.15) is 6.92 Å². The molecule has 2 rings (SSSR count). The zero-order valence-electron chi connectivity index (χ0n) is 9.76. The predicted molar refractivity (Wildman–Crippen MR) is 64.5 cm³/mol. The summed E-state index contributed by atoms with van der Waals surface area (Å²) in [6.45, 7) is 3.50. The van der Waals surface area contributed by atoms with Gasteiger partial charge in [-0.25, -0.2) is 4.99 Å². The van der Waals surface area contributed by atoms with Gasteiger partial charge in [-0.3, -0.25) is 0 Å². The summed E-state index contributed by atoms with van der Waals surface area (Å²) in [5, 5.41) is 0. The summed E-state index contributed by atoms with van der Waals surface area (Å²) < 4.78 is 16.3. The molecule has 17 heavy (non-hydrogen) atoms. The first-order valence-corrected chi connectivity index (χ1v) is 5.60. The topological polar surface area (TPSA) is 66.1 Å². The Morgan fingerprint density at radius 2 is 2.06 bits per heavy atom. The van der Waals surface area contributed by atoms with Crippen LogP contribution in [0.15, 0.2) is 29.3 Å². The van der Waals surface area contributed by atoms with Crippen LogP contribution in [-0.2, 0) is 4.74 Å². The number of aliphatic imine (C=N–C) groups is 1. The highest BCUT2D eigenvalue weighted by molar-refractivity contribution is 5.73. The SMILES string of the molecule is CCOc1ccccc1OCC1CN=C(N)O1. The lowest BCUT2D eigenvalue weighted by atomic mass is 10.3. The number of nitrogens with zero attached hydrogens (tertiary/aromatic N) is 1. The number of hydrogen-bond donors (Lipinski definition) is 1. The third-order valence-corrected chi connectivity index (χ3v) is 2.31. The van der Waals surface area contributed by atoms with Gasteiger partial charge in [0.15, 0.2) is 17.6 Å². The van der Waals surface area contributed by atoms with Gasteiger partial charge < -0.3 is 19.9 Å². The zero-order valence-corrected chi connectivity index (χ0v) is 9.76. The standard InChI is InChI=1S/C12H16N2O3/c1-2-15-10-5-3-4-6-11(10)16-8-9-7-14-12(13)17-9/h3-6,9H,2,7-8H2,1H3,(H2,13,14). The van der Waals surface area contributed by atoms with E-state index >= 15 is 0 Å². The molecule has 0 amide bonds. The molecule has 0 spiro atoms. The maximum absolute atomic E-state index is 5.64. The molecule has 92 valence electrons. The minimum atomic E-state index is -0.107. The molecule has 0 aliphatic carbocycles. The number of amidine groups is 1. The molecule has 0 fully saturated rings. The van der Waals surface area contributed by atoms with Crippen molar-refractivity contribution in [1.82, 2.24) is 0 Å². The molecule has 1 atom stereocenters. The molecular weight excluding hydrogens is 220 g/mol. The maximum atomic E-state index is 5.64. The van der Waals surface area contributed by atoms with E-state index in [1.165, 1.54) is 0 Å². The monoisotopic (exact) mass is 236 g/mol. The molecule has 1 heterocycles. The summed E-state index contributed by atoms with van der Waals surface area (Å²) in [5.41, 5.74) is 5.42. The highest BCUT2D eigenvalue weighted by Crippen LogP contribution is 2.26. The molecular formula is C12H16N2O3. The minimum Gasteiger partial charge on any atom is -0.490 e. The number of rotatable bonds is 5. The molecule has 1 unspecified atom stereocenters. The summed E-state index contributed by atoms with van der Waals surface area (Å²) in [4.78, 5) is 3.95. The lowest BCUT2D eigenvalue weighted by Crippen LogP contribution is -2.24. The van der Waals surface area contributed by atoms with E-state index in [0.29, 0.717) is 25.5 Å². The Hall–Kier alpha value is -1.91. The van der Waals surface area contributed by atoms with E-state index in [2.05, 4.69) is 4.99 Å². The van der Waals surface area contributed by atoms with E-state index in [0.717, 1.165) is 5.75 Å². The average molecular weight is 236 g/mol. The Kier molecular flexibility index (Phi) is 3.69. The molecule has 2 N–H and O–H groups in total. The van der Waals surface area contributed by atoms with E-state index in [1.54, 1.807) is 0 Å². The molecule has 0 radical (unpaired) electrons. The van der Waals surface area contributed by atoms with E-state index in [9.17, 15) is 0 Å². The van der Waals surface area contributed by atoms with Gasteiger partial charge in [-0.05, 0) is 19.1 Å². The highest BCUT2D eigenvalue weighted by Gasteiger charge is 2.18. The Morgan fingerprint density at radius 1 is 1.35 bits per heavy atom. The van der Waals surface area contributed by atoms with Gasteiger partial charge in [0.25, 0.3) is 6.02 Å². The van der Waals surface area contributed by atoms with Gasteiger partial charge in [-0.1, -0.05) is 12.1 Å². The molecule has 1 aromatic carbocycles. The Balaban J connectivity index is 1.90. The largest absolute Gasteiger partial charge is 0.490 e. The number of benzene rings is 1. The van der Waals surface area contributed by atoms with Crippen molar-refractivity contribution >= 4 is 6.02 Å². The van der Waals surface area contributed by atoms with Gasteiger partial charge in [0.05, 0.1) is 13.2 Å². The fourth-order valence-corrected chi connectivity index (χ4v) is 1.55. The molecule has 0 aromatic heterocycles. The van der Waals surface area contributed by atoms with Crippen molar-refractivity contribution in [3.8, 4) is 11.5 Å². The van der Waals surface area contributed by atoms with Crippen LogP contribution in [0.5, 0.6) is 11.5 Å². The Morgan fingerprint density at radius 3 is 2.65 bits per heavy atom. The van der Waals surface area contributed by atoms with Gasteiger partial charge in [-0.2, -0.15) is 0 Å². The quantitative estimate of drug-likeness (QED) is 0.833. The van der Waals surface area contributed by atoms with Gasteiger partial charge in [-0.15, -0.1) is 0 Å². The lowest BCUT2D eigenvalue weighted by Gasteiger charge is -2.14. The van der Waals surface area contributed by atoms with Gasteiger partial charge in [0.1, 0.15) is 6.61 Å². The fourth-order valence-electron chi connectivity index (χ4n) is 1.55. The second kappa shape index (κ2) is 5.43. The summed E-state index contributed by atoms with van der Waals surface area (Å²) in [7, 11) is 0. The Labute approximate surface area is 100 Å². The molecule has 5 nitrogen and oxygen atoms in total. The summed E-state index contributed by atoms with van der Waals surface area (Å²) in [5.74, 6) is 1.45. The van der Waals surface area contributed by atoms with E-state index < -0.39 is 0 Å². The normalized spacial score (nSPS) is 18.4. The second-order valence-corrected chi connectivity index (χ2v) is 3.61.